The number of benzene rings is 2. The van der Waals surface area contributed by atoms with Crippen molar-refractivity contribution in [3.8, 4) is 0 Å². The van der Waals surface area contributed by atoms with Crippen LogP contribution in [0.15, 0.2) is 24.3 Å². The molecule has 0 spiro atoms. The van der Waals surface area contributed by atoms with Gasteiger partial charge in [-0.05, 0) is 24.3 Å². The monoisotopic (exact) mass is 490 g/mol. The number of hydrogen-bond donors (Lipinski definition) is 6. The maximum absolute atomic E-state index is 12.5. The maximum Gasteiger partial charge on any atom is 0.346 e. The molecule has 2 rings (SSSR count). The Morgan fingerprint density at radius 1 is 0.371 bits per heavy atom. The lowest BCUT2D eigenvalue weighted by Gasteiger charge is -2.12. The average Bonchev–Trinajstić information content (AvgIpc) is 2.76. The van der Waals surface area contributed by atoms with Crippen LogP contribution < -0.4 is 0 Å². The Bertz CT molecular complexity index is 1260. The Morgan fingerprint density at radius 3 is 0.743 bits per heavy atom. The summed E-state index contributed by atoms with van der Waals surface area (Å²) in [6.07, 6.45) is 0. The third kappa shape index (κ3) is 5.08. The minimum atomic E-state index is -1.92. The summed E-state index contributed by atoms with van der Waals surface area (Å²) in [5.41, 5.74) is -8.51. The molecule has 0 saturated heterocycles. The van der Waals surface area contributed by atoms with Crippen molar-refractivity contribution in [1.82, 2.24) is 0 Å². The second-order valence-corrected chi connectivity index (χ2v) is 6.39. The molecule has 6 N–H and O–H groups in total. The zero-order valence-corrected chi connectivity index (χ0v) is 16.7. The summed E-state index contributed by atoms with van der Waals surface area (Å²) in [5, 5.41) is 55.0. The lowest BCUT2D eigenvalue weighted by molar-refractivity contribution is 0.0385. The SMILES string of the molecule is O=C(O)c1cc(C(=O)O)c(C(=O)OC(=O)c2cc(C(=O)O)c(C(=O)O)cc2C(=O)O)cc1C(=O)O. The van der Waals surface area contributed by atoms with E-state index in [1.807, 2.05) is 0 Å². The van der Waals surface area contributed by atoms with Crippen molar-refractivity contribution >= 4 is 47.8 Å². The van der Waals surface area contributed by atoms with Gasteiger partial charge in [0.25, 0.3) is 0 Å². The average molecular weight is 490 g/mol. The minimum Gasteiger partial charge on any atom is -0.478 e. The number of rotatable bonds is 8. The van der Waals surface area contributed by atoms with E-state index in [0.717, 1.165) is 0 Å². The third-order valence-corrected chi connectivity index (χ3v) is 4.32. The molecule has 0 aliphatic carbocycles. The van der Waals surface area contributed by atoms with Gasteiger partial charge in [-0.15, -0.1) is 0 Å². The van der Waals surface area contributed by atoms with E-state index in [0.29, 0.717) is 24.3 Å². The fourth-order valence-electron chi connectivity index (χ4n) is 2.79. The predicted octanol–water partition coefficient (Wildman–Crippen LogP) is 0.873. The highest BCUT2D eigenvalue weighted by atomic mass is 16.6. The van der Waals surface area contributed by atoms with E-state index in [4.69, 9.17) is 20.4 Å². The number of carboxylic acid groups (broad SMARTS) is 6. The van der Waals surface area contributed by atoms with Crippen LogP contribution in [0.5, 0.6) is 0 Å². The molecule has 2 aromatic rings. The molecule has 0 fully saturated rings. The molecule has 2 aromatic carbocycles. The third-order valence-electron chi connectivity index (χ3n) is 4.32. The second-order valence-electron chi connectivity index (χ2n) is 6.39. The van der Waals surface area contributed by atoms with Crippen LogP contribution >= 0.6 is 0 Å². The summed E-state index contributed by atoms with van der Waals surface area (Å²) in [6.45, 7) is 0. The molecule has 0 aliphatic heterocycles. The Morgan fingerprint density at radius 2 is 0.543 bits per heavy atom. The fourth-order valence-corrected chi connectivity index (χ4v) is 2.79. The molecule has 15 heteroatoms. The number of carbonyl (C=O) groups is 8. The molecule has 0 aliphatic rings. The van der Waals surface area contributed by atoms with Crippen LogP contribution in [-0.4, -0.2) is 78.4 Å². The lowest BCUT2D eigenvalue weighted by atomic mass is 9.97. The summed E-state index contributed by atoms with van der Waals surface area (Å²) in [7, 11) is 0. The number of ether oxygens (including phenoxy) is 1. The number of esters is 2. The standard InChI is InChI=1S/C20H10O15/c21-13(22)5-1-9(17(29)30)11(3-7(5)15(25)26)19(33)35-20(34)12-4-8(16(27)28)6(14(23)24)2-10(12)18(31)32/h1-4H,(H,21,22)(H,23,24)(H,25,26)(H,27,28)(H,29,30)(H,31,32). The van der Waals surface area contributed by atoms with Crippen LogP contribution in [0.1, 0.15) is 82.9 Å². The molecule has 0 heterocycles. The van der Waals surface area contributed by atoms with Gasteiger partial charge in [-0.25, -0.2) is 38.4 Å². The van der Waals surface area contributed by atoms with Gasteiger partial charge in [-0.3, -0.25) is 0 Å². The van der Waals surface area contributed by atoms with E-state index in [2.05, 4.69) is 4.74 Å². The van der Waals surface area contributed by atoms with Gasteiger partial charge in [0.15, 0.2) is 0 Å². The summed E-state index contributed by atoms with van der Waals surface area (Å²) in [5.74, 6) is -15.0. The largest absolute Gasteiger partial charge is 0.478 e. The summed E-state index contributed by atoms with van der Waals surface area (Å²) in [4.78, 5) is 93.0. The molecule has 0 bridgehead atoms. The van der Waals surface area contributed by atoms with Crippen LogP contribution in [-0.2, 0) is 4.74 Å². The van der Waals surface area contributed by atoms with Crippen molar-refractivity contribution in [3.63, 3.8) is 0 Å². The van der Waals surface area contributed by atoms with Crippen molar-refractivity contribution in [1.29, 1.82) is 0 Å². The molecule has 0 unspecified atom stereocenters. The fraction of sp³-hybridized carbons (Fsp3) is 0. The van der Waals surface area contributed by atoms with Crippen molar-refractivity contribution in [2.75, 3.05) is 0 Å². The van der Waals surface area contributed by atoms with Gasteiger partial charge in [0, 0.05) is 0 Å². The molecule has 180 valence electrons. The van der Waals surface area contributed by atoms with Gasteiger partial charge in [0.1, 0.15) is 0 Å². The van der Waals surface area contributed by atoms with Crippen LogP contribution in [0.3, 0.4) is 0 Å². The van der Waals surface area contributed by atoms with Crippen molar-refractivity contribution in [2.45, 2.75) is 0 Å². The molecular weight excluding hydrogens is 480 g/mol. The highest BCUT2D eigenvalue weighted by Crippen LogP contribution is 2.23. The minimum absolute atomic E-state index is 0.305. The van der Waals surface area contributed by atoms with Gasteiger partial charge in [-0.1, -0.05) is 0 Å². The summed E-state index contributed by atoms with van der Waals surface area (Å²) >= 11 is 0. The van der Waals surface area contributed by atoms with Crippen LogP contribution in [0.25, 0.3) is 0 Å². The normalized spacial score (nSPS) is 10.2. The molecular formula is C20H10O15. The number of aromatic carboxylic acids is 6. The number of carbonyl (C=O) groups excluding carboxylic acids is 2. The highest BCUT2D eigenvalue weighted by Gasteiger charge is 2.30. The van der Waals surface area contributed by atoms with E-state index < -0.39 is 92.3 Å². The zero-order valence-electron chi connectivity index (χ0n) is 16.7. The molecule has 0 saturated carbocycles. The van der Waals surface area contributed by atoms with Gasteiger partial charge in [0.2, 0.25) is 0 Å². The van der Waals surface area contributed by atoms with Crippen molar-refractivity contribution in [3.05, 3.63) is 68.8 Å². The first-order chi connectivity index (χ1) is 16.2. The lowest BCUT2D eigenvalue weighted by Crippen LogP contribution is -2.22. The van der Waals surface area contributed by atoms with Gasteiger partial charge < -0.3 is 35.4 Å². The van der Waals surface area contributed by atoms with E-state index in [-0.39, 0.29) is 0 Å². The Kier molecular flexibility index (Phi) is 6.96. The van der Waals surface area contributed by atoms with E-state index in [1.54, 1.807) is 0 Å². The second kappa shape index (κ2) is 9.49. The smallest absolute Gasteiger partial charge is 0.346 e. The van der Waals surface area contributed by atoms with Gasteiger partial charge in [0.05, 0.1) is 44.5 Å². The summed E-state index contributed by atoms with van der Waals surface area (Å²) in [6, 6.07) is 1.25. The van der Waals surface area contributed by atoms with Crippen LogP contribution in [0, 0.1) is 0 Å². The Balaban J connectivity index is 2.66. The topological polar surface area (TPSA) is 267 Å². The van der Waals surface area contributed by atoms with Crippen molar-refractivity contribution < 1.29 is 73.7 Å². The highest BCUT2D eigenvalue weighted by molar-refractivity contribution is 6.14. The maximum atomic E-state index is 12.5. The zero-order chi connectivity index (χ0) is 26.8. The number of hydrogen-bond acceptors (Lipinski definition) is 9. The number of carboxylic acids is 6. The quantitative estimate of drug-likeness (QED) is 0.221. The molecule has 0 atom stereocenters. The Labute approximate surface area is 191 Å². The van der Waals surface area contributed by atoms with Gasteiger partial charge >= 0.3 is 47.8 Å². The molecule has 0 amide bonds. The Hall–Kier alpha value is -5.60. The molecule has 35 heavy (non-hydrogen) atoms. The predicted molar refractivity (Wildman–Crippen MR) is 104 cm³/mol. The summed E-state index contributed by atoms with van der Waals surface area (Å²) < 4.78 is 4.39. The van der Waals surface area contributed by atoms with Crippen LogP contribution in [0.2, 0.25) is 0 Å². The van der Waals surface area contributed by atoms with E-state index >= 15 is 0 Å². The molecule has 15 nitrogen and oxygen atoms in total. The van der Waals surface area contributed by atoms with E-state index in [9.17, 15) is 48.6 Å². The van der Waals surface area contributed by atoms with Gasteiger partial charge in [-0.2, -0.15) is 0 Å². The molecule has 0 aromatic heterocycles. The first kappa shape index (κ1) is 25.7. The first-order valence-electron chi connectivity index (χ1n) is 8.69. The van der Waals surface area contributed by atoms with E-state index in [1.165, 1.54) is 0 Å². The molecule has 0 radical (unpaired) electrons. The van der Waals surface area contributed by atoms with Crippen LogP contribution in [0.4, 0.5) is 0 Å². The first-order valence-corrected chi connectivity index (χ1v) is 8.69. The van der Waals surface area contributed by atoms with Crippen molar-refractivity contribution in [2.24, 2.45) is 0 Å².